The first-order valence-electron chi connectivity index (χ1n) is 5.43. The number of hydrogen-bond acceptors (Lipinski definition) is 4. The van der Waals surface area contributed by atoms with Crippen molar-refractivity contribution < 1.29 is 12.8 Å². The molecule has 0 radical (unpaired) electrons. The standard InChI is InChI=1S/C12H12FN3O2S/c13-11-4-2-1-3-9(11)8-16-19(17,18)10-5-6-15-12(14)7-10/h1-7,16H,8H2,(H2,14,15). The molecule has 3 N–H and O–H groups in total. The zero-order chi connectivity index (χ0) is 13.9. The highest BCUT2D eigenvalue weighted by molar-refractivity contribution is 7.89. The van der Waals surface area contributed by atoms with E-state index in [1.807, 2.05) is 0 Å². The molecule has 0 aliphatic heterocycles. The van der Waals surface area contributed by atoms with Gasteiger partial charge in [0, 0.05) is 24.4 Å². The molecule has 0 saturated heterocycles. The number of pyridine rings is 1. The lowest BCUT2D eigenvalue weighted by Gasteiger charge is -2.07. The second kappa shape index (κ2) is 5.33. The first-order chi connectivity index (χ1) is 8.99. The van der Waals surface area contributed by atoms with Crippen molar-refractivity contribution in [2.24, 2.45) is 0 Å². The maximum atomic E-state index is 13.4. The van der Waals surface area contributed by atoms with E-state index < -0.39 is 15.8 Å². The molecule has 1 aromatic heterocycles. The Labute approximate surface area is 110 Å². The zero-order valence-electron chi connectivity index (χ0n) is 9.88. The number of benzene rings is 1. The molecule has 19 heavy (non-hydrogen) atoms. The summed E-state index contributed by atoms with van der Waals surface area (Å²) in [5.74, 6) is -0.354. The van der Waals surface area contributed by atoms with Gasteiger partial charge in [-0.25, -0.2) is 22.5 Å². The first-order valence-corrected chi connectivity index (χ1v) is 6.92. The normalized spacial score (nSPS) is 11.4. The van der Waals surface area contributed by atoms with Crippen LogP contribution in [0.25, 0.3) is 0 Å². The molecule has 100 valence electrons. The number of rotatable bonds is 4. The molecule has 1 heterocycles. The van der Waals surface area contributed by atoms with Crippen LogP contribution in [0.4, 0.5) is 10.2 Å². The average molecular weight is 281 g/mol. The minimum atomic E-state index is -3.73. The van der Waals surface area contributed by atoms with E-state index in [4.69, 9.17) is 5.73 Å². The summed E-state index contributed by atoms with van der Waals surface area (Å²) < 4.78 is 39.6. The fraction of sp³-hybridized carbons (Fsp3) is 0.0833. The predicted octanol–water partition coefficient (Wildman–Crippen LogP) is 1.28. The molecular formula is C12H12FN3O2S. The fourth-order valence-electron chi connectivity index (χ4n) is 1.49. The molecule has 0 spiro atoms. The maximum Gasteiger partial charge on any atom is 0.241 e. The molecule has 5 nitrogen and oxygen atoms in total. The van der Waals surface area contributed by atoms with E-state index >= 15 is 0 Å². The number of nitrogens with two attached hydrogens (primary N) is 1. The van der Waals surface area contributed by atoms with Gasteiger partial charge >= 0.3 is 0 Å². The fourth-order valence-corrected chi connectivity index (χ4v) is 2.52. The maximum absolute atomic E-state index is 13.4. The molecule has 2 rings (SSSR count). The van der Waals surface area contributed by atoms with Gasteiger partial charge in [-0.05, 0) is 12.1 Å². The van der Waals surface area contributed by atoms with E-state index in [9.17, 15) is 12.8 Å². The molecule has 0 bridgehead atoms. The van der Waals surface area contributed by atoms with Gasteiger partial charge < -0.3 is 5.73 Å². The minimum absolute atomic E-state index is 0.00339. The third kappa shape index (κ3) is 3.27. The molecule has 0 unspecified atom stereocenters. The van der Waals surface area contributed by atoms with Crippen molar-refractivity contribution in [1.82, 2.24) is 9.71 Å². The van der Waals surface area contributed by atoms with Crippen LogP contribution in [0.1, 0.15) is 5.56 Å². The highest BCUT2D eigenvalue weighted by atomic mass is 32.2. The second-order valence-corrected chi connectivity index (χ2v) is 5.60. The van der Waals surface area contributed by atoms with Gasteiger partial charge in [0.15, 0.2) is 0 Å². The van der Waals surface area contributed by atoms with Crippen LogP contribution in [-0.2, 0) is 16.6 Å². The highest BCUT2D eigenvalue weighted by Crippen LogP contribution is 2.12. The summed E-state index contributed by atoms with van der Waals surface area (Å²) in [5.41, 5.74) is 5.69. The van der Waals surface area contributed by atoms with E-state index in [0.717, 1.165) is 0 Å². The van der Waals surface area contributed by atoms with Crippen LogP contribution in [0.15, 0.2) is 47.5 Å². The largest absolute Gasteiger partial charge is 0.384 e. The van der Waals surface area contributed by atoms with Crippen molar-refractivity contribution >= 4 is 15.8 Å². The second-order valence-electron chi connectivity index (χ2n) is 3.83. The van der Waals surface area contributed by atoms with Crippen molar-refractivity contribution in [2.45, 2.75) is 11.4 Å². The van der Waals surface area contributed by atoms with Gasteiger partial charge in [0.1, 0.15) is 11.6 Å². The van der Waals surface area contributed by atoms with Crippen LogP contribution in [0, 0.1) is 5.82 Å². The Morgan fingerprint density at radius 2 is 2.00 bits per heavy atom. The third-order valence-corrected chi connectivity index (χ3v) is 3.87. The quantitative estimate of drug-likeness (QED) is 0.884. The molecular weight excluding hydrogens is 269 g/mol. The van der Waals surface area contributed by atoms with E-state index in [0.29, 0.717) is 0 Å². The summed E-state index contributed by atoms with van der Waals surface area (Å²) in [6, 6.07) is 8.52. The Hall–Kier alpha value is -1.99. The van der Waals surface area contributed by atoms with E-state index in [-0.39, 0.29) is 22.8 Å². The molecule has 0 saturated carbocycles. The van der Waals surface area contributed by atoms with E-state index in [1.165, 1.54) is 36.5 Å². The molecule has 0 aliphatic rings. The van der Waals surface area contributed by atoms with Crippen molar-refractivity contribution in [1.29, 1.82) is 0 Å². The van der Waals surface area contributed by atoms with Gasteiger partial charge in [-0.3, -0.25) is 0 Å². The third-order valence-electron chi connectivity index (χ3n) is 2.47. The molecule has 2 aromatic rings. The number of hydrogen-bond donors (Lipinski definition) is 2. The monoisotopic (exact) mass is 281 g/mol. The lowest BCUT2D eigenvalue weighted by Crippen LogP contribution is -2.23. The van der Waals surface area contributed by atoms with Crippen molar-refractivity contribution in [3.8, 4) is 0 Å². The number of halogens is 1. The summed E-state index contributed by atoms with van der Waals surface area (Å²) in [7, 11) is -3.73. The minimum Gasteiger partial charge on any atom is -0.384 e. The van der Waals surface area contributed by atoms with Crippen molar-refractivity contribution in [3.63, 3.8) is 0 Å². The lowest BCUT2D eigenvalue weighted by atomic mass is 10.2. The van der Waals surface area contributed by atoms with Gasteiger partial charge in [-0.15, -0.1) is 0 Å². The summed E-state index contributed by atoms with van der Waals surface area (Å²) in [6.45, 7) is -0.128. The number of anilines is 1. The van der Waals surface area contributed by atoms with Gasteiger partial charge in [0.2, 0.25) is 10.0 Å². The Balaban J connectivity index is 2.17. The number of nitrogens with zero attached hydrogens (tertiary/aromatic N) is 1. The molecule has 0 aliphatic carbocycles. The Morgan fingerprint density at radius 3 is 2.68 bits per heavy atom. The van der Waals surface area contributed by atoms with Gasteiger partial charge in [-0.1, -0.05) is 18.2 Å². The van der Waals surface area contributed by atoms with E-state index in [1.54, 1.807) is 6.07 Å². The number of sulfonamides is 1. The summed E-state index contributed by atoms with van der Waals surface area (Å²) in [5, 5.41) is 0. The van der Waals surface area contributed by atoms with Crippen LogP contribution < -0.4 is 10.5 Å². The average Bonchev–Trinajstić information content (AvgIpc) is 2.38. The SMILES string of the molecule is Nc1cc(S(=O)(=O)NCc2ccccc2F)ccn1. The first kappa shape index (κ1) is 13.4. The number of aromatic nitrogens is 1. The van der Waals surface area contributed by atoms with Crippen LogP contribution in [0.5, 0.6) is 0 Å². The Bertz CT molecular complexity index is 689. The highest BCUT2D eigenvalue weighted by Gasteiger charge is 2.14. The zero-order valence-corrected chi connectivity index (χ0v) is 10.7. The van der Waals surface area contributed by atoms with Crippen LogP contribution >= 0.6 is 0 Å². The summed E-state index contributed by atoms with van der Waals surface area (Å²) in [6.07, 6.45) is 1.30. The van der Waals surface area contributed by atoms with Gasteiger partial charge in [0.25, 0.3) is 0 Å². The van der Waals surface area contributed by atoms with Gasteiger partial charge in [0.05, 0.1) is 4.90 Å². The van der Waals surface area contributed by atoms with Crippen molar-refractivity contribution in [3.05, 3.63) is 54.0 Å². The molecule has 0 fully saturated rings. The van der Waals surface area contributed by atoms with E-state index in [2.05, 4.69) is 9.71 Å². The van der Waals surface area contributed by atoms with Crippen LogP contribution in [-0.4, -0.2) is 13.4 Å². The van der Waals surface area contributed by atoms with Crippen LogP contribution in [0.3, 0.4) is 0 Å². The number of nitrogen functional groups attached to an aromatic ring is 1. The Morgan fingerprint density at radius 1 is 1.26 bits per heavy atom. The molecule has 1 aromatic carbocycles. The summed E-state index contributed by atoms with van der Waals surface area (Å²) in [4.78, 5) is 3.71. The summed E-state index contributed by atoms with van der Waals surface area (Å²) >= 11 is 0. The lowest BCUT2D eigenvalue weighted by molar-refractivity contribution is 0.574. The van der Waals surface area contributed by atoms with Crippen molar-refractivity contribution in [2.75, 3.05) is 5.73 Å². The van der Waals surface area contributed by atoms with Crippen LogP contribution in [0.2, 0.25) is 0 Å². The predicted molar refractivity (Wildman–Crippen MR) is 69.1 cm³/mol. The smallest absolute Gasteiger partial charge is 0.241 e. The Kier molecular flexibility index (Phi) is 3.77. The molecule has 7 heteroatoms. The molecule has 0 amide bonds. The van der Waals surface area contributed by atoms with Gasteiger partial charge in [-0.2, -0.15) is 0 Å². The topological polar surface area (TPSA) is 85.1 Å². The number of nitrogens with one attached hydrogen (secondary N) is 1. The molecule has 0 atom stereocenters.